The number of nitrogens with one attached hydrogen (secondary N) is 3. The van der Waals surface area contributed by atoms with Crippen molar-refractivity contribution in [1.82, 2.24) is 20.3 Å². The first-order valence-electron chi connectivity index (χ1n) is 9.80. The Balaban J connectivity index is 1.59. The van der Waals surface area contributed by atoms with Crippen LogP contribution in [0.4, 0.5) is 23.0 Å². The molecule has 0 bridgehead atoms. The van der Waals surface area contributed by atoms with Gasteiger partial charge < -0.3 is 10.1 Å². The van der Waals surface area contributed by atoms with Crippen LogP contribution in [0.25, 0.3) is 0 Å². The summed E-state index contributed by atoms with van der Waals surface area (Å²) in [5.74, 6) is -0.817. The van der Waals surface area contributed by atoms with Gasteiger partial charge in [-0.3, -0.25) is 40.8 Å². The van der Waals surface area contributed by atoms with E-state index >= 15 is 0 Å². The van der Waals surface area contributed by atoms with E-state index in [1.54, 1.807) is 0 Å². The molecular formula is C18H22N8O6. The number of carbonyl (C=O) groups excluding carboxylic acids is 1. The first kappa shape index (κ1) is 22.8. The molecule has 0 aliphatic carbocycles. The van der Waals surface area contributed by atoms with Gasteiger partial charge in [-0.05, 0) is 25.1 Å². The SMILES string of the molecule is O=C(NNc1ncnc(NCCCN2CCOCC2)c1[N+](=O)[O-])c1ccc([N+](=O)[O-])cc1. The quantitative estimate of drug-likeness (QED) is 0.271. The molecular weight excluding hydrogens is 424 g/mol. The number of anilines is 2. The minimum absolute atomic E-state index is 0.0269. The minimum Gasteiger partial charge on any atom is -0.379 e. The van der Waals surface area contributed by atoms with Crippen molar-refractivity contribution in [2.75, 3.05) is 50.1 Å². The Morgan fingerprint density at radius 1 is 1.06 bits per heavy atom. The largest absolute Gasteiger partial charge is 0.379 e. The van der Waals surface area contributed by atoms with E-state index in [-0.39, 0.29) is 22.9 Å². The van der Waals surface area contributed by atoms with Gasteiger partial charge in [0, 0.05) is 37.3 Å². The number of hydrazine groups is 1. The lowest BCUT2D eigenvalue weighted by Gasteiger charge is -2.26. The van der Waals surface area contributed by atoms with Gasteiger partial charge in [-0.1, -0.05) is 0 Å². The Morgan fingerprint density at radius 2 is 1.75 bits per heavy atom. The highest BCUT2D eigenvalue weighted by molar-refractivity contribution is 5.95. The highest BCUT2D eigenvalue weighted by Gasteiger charge is 2.23. The van der Waals surface area contributed by atoms with Gasteiger partial charge in [0.15, 0.2) is 0 Å². The van der Waals surface area contributed by atoms with Crippen molar-refractivity contribution in [2.24, 2.45) is 0 Å². The maximum absolute atomic E-state index is 12.2. The van der Waals surface area contributed by atoms with Crippen LogP contribution >= 0.6 is 0 Å². The summed E-state index contributed by atoms with van der Waals surface area (Å²) in [6.45, 7) is 4.40. The summed E-state index contributed by atoms with van der Waals surface area (Å²) < 4.78 is 5.30. The predicted octanol–water partition coefficient (Wildman–Crippen LogP) is 1.18. The Kier molecular flexibility index (Phi) is 7.77. The molecule has 1 aromatic heterocycles. The molecule has 170 valence electrons. The zero-order valence-electron chi connectivity index (χ0n) is 17.0. The van der Waals surface area contributed by atoms with Gasteiger partial charge in [0.05, 0.1) is 23.1 Å². The van der Waals surface area contributed by atoms with Gasteiger partial charge in [-0.2, -0.15) is 0 Å². The molecule has 1 fully saturated rings. The van der Waals surface area contributed by atoms with Crippen LogP contribution in [0, 0.1) is 20.2 Å². The summed E-state index contributed by atoms with van der Waals surface area (Å²) in [6.07, 6.45) is 1.89. The number of nitrogens with zero attached hydrogens (tertiary/aromatic N) is 5. The molecule has 2 aromatic rings. The van der Waals surface area contributed by atoms with Crippen LogP contribution in [0.3, 0.4) is 0 Å². The zero-order chi connectivity index (χ0) is 22.9. The van der Waals surface area contributed by atoms with Crippen molar-refractivity contribution in [3.8, 4) is 0 Å². The molecule has 32 heavy (non-hydrogen) atoms. The number of nitro benzene ring substituents is 1. The molecule has 0 spiro atoms. The van der Waals surface area contributed by atoms with E-state index in [4.69, 9.17) is 4.74 Å². The number of amides is 1. The fourth-order valence-electron chi connectivity index (χ4n) is 3.03. The number of aromatic nitrogens is 2. The molecule has 1 aromatic carbocycles. The van der Waals surface area contributed by atoms with Crippen molar-refractivity contribution in [3.63, 3.8) is 0 Å². The van der Waals surface area contributed by atoms with E-state index in [0.29, 0.717) is 19.8 Å². The molecule has 2 heterocycles. The smallest absolute Gasteiger partial charge is 0.354 e. The second kappa shape index (κ2) is 10.9. The molecule has 3 rings (SSSR count). The van der Waals surface area contributed by atoms with Crippen LogP contribution < -0.4 is 16.2 Å². The van der Waals surface area contributed by atoms with Crippen molar-refractivity contribution in [2.45, 2.75) is 6.42 Å². The number of nitro groups is 2. The number of rotatable bonds is 10. The lowest BCUT2D eigenvalue weighted by molar-refractivity contribution is -0.384. The van der Waals surface area contributed by atoms with Crippen LogP contribution in [0.5, 0.6) is 0 Å². The summed E-state index contributed by atoms with van der Waals surface area (Å²) in [4.78, 5) is 43.3. The van der Waals surface area contributed by atoms with Crippen LogP contribution in [0.2, 0.25) is 0 Å². The Hall–Kier alpha value is -3.91. The Labute approximate surface area is 182 Å². The molecule has 1 aliphatic heterocycles. The Morgan fingerprint density at radius 3 is 2.41 bits per heavy atom. The third kappa shape index (κ3) is 6.05. The fourth-order valence-corrected chi connectivity index (χ4v) is 3.03. The monoisotopic (exact) mass is 446 g/mol. The molecule has 1 saturated heterocycles. The summed E-state index contributed by atoms with van der Waals surface area (Å²) in [5.41, 5.74) is 4.27. The van der Waals surface area contributed by atoms with E-state index < -0.39 is 21.4 Å². The van der Waals surface area contributed by atoms with E-state index in [0.717, 1.165) is 32.4 Å². The summed E-state index contributed by atoms with van der Waals surface area (Å²) in [5, 5.41) is 25.2. The maximum atomic E-state index is 12.2. The number of non-ortho nitro benzene ring substituents is 1. The van der Waals surface area contributed by atoms with Gasteiger partial charge in [0.2, 0.25) is 11.6 Å². The number of carbonyl (C=O) groups is 1. The molecule has 0 unspecified atom stereocenters. The minimum atomic E-state index is -0.648. The number of benzene rings is 1. The van der Waals surface area contributed by atoms with Gasteiger partial charge >= 0.3 is 5.69 Å². The summed E-state index contributed by atoms with van der Waals surface area (Å²) in [7, 11) is 0. The lowest BCUT2D eigenvalue weighted by Crippen LogP contribution is -2.37. The molecule has 0 saturated carbocycles. The van der Waals surface area contributed by atoms with E-state index in [1.165, 1.54) is 24.3 Å². The first-order valence-corrected chi connectivity index (χ1v) is 9.80. The Bertz CT molecular complexity index is 964. The van der Waals surface area contributed by atoms with Crippen molar-refractivity contribution in [1.29, 1.82) is 0 Å². The average molecular weight is 446 g/mol. The van der Waals surface area contributed by atoms with E-state index in [1.807, 2.05) is 0 Å². The molecule has 0 radical (unpaired) electrons. The van der Waals surface area contributed by atoms with Gasteiger partial charge in [0.1, 0.15) is 6.33 Å². The van der Waals surface area contributed by atoms with Crippen LogP contribution in [-0.4, -0.2) is 70.0 Å². The molecule has 3 N–H and O–H groups in total. The van der Waals surface area contributed by atoms with Crippen molar-refractivity contribution < 1.29 is 19.4 Å². The number of morpholine rings is 1. The number of hydrogen-bond acceptors (Lipinski definition) is 11. The van der Waals surface area contributed by atoms with Crippen LogP contribution in [0.15, 0.2) is 30.6 Å². The second-order valence-corrected chi connectivity index (χ2v) is 6.79. The standard InChI is InChI=1S/C18H22N8O6/c27-18(13-2-4-14(5-3-13)25(28)29)23-22-17-15(26(30)31)16(20-12-21-17)19-6-1-7-24-8-10-32-11-9-24/h2-5,12H,1,6-11H2,(H,23,27)(H2,19,20,21,22). The van der Waals surface area contributed by atoms with Gasteiger partial charge in [-0.25, -0.2) is 9.97 Å². The molecule has 1 amide bonds. The van der Waals surface area contributed by atoms with Crippen molar-refractivity contribution in [3.05, 3.63) is 56.4 Å². The molecule has 14 heteroatoms. The number of hydrogen-bond donors (Lipinski definition) is 3. The number of ether oxygens (including phenoxy) is 1. The van der Waals surface area contributed by atoms with Gasteiger partial charge in [-0.15, -0.1) is 0 Å². The third-order valence-corrected chi connectivity index (χ3v) is 4.69. The summed E-state index contributed by atoms with van der Waals surface area (Å²) in [6, 6.07) is 4.90. The van der Waals surface area contributed by atoms with E-state index in [2.05, 4.69) is 31.0 Å². The normalized spacial score (nSPS) is 13.9. The highest BCUT2D eigenvalue weighted by Crippen LogP contribution is 2.28. The van der Waals surface area contributed by atoms with Gasteiger partial charge in [0.25, 0.3) is 11.6 Å². The topological polar surface area (TPSA) is 178 Å². The van der Waals surface area contributed by atoms with E-state index in [9.17, 15) is 25.0 Å². The first-order chi connectivity index (χ1) is 15.5. The highest BCUT2D eigenvalue weighted by atomic mass is 16.6. The fraction of sp³-hybridized carbons (Fsp3) is 0.389. The molecule has 14 nitrogen and oxygen atoms in total. The second-order valence-electron chi connectivity index (χ2n) is 6.79. The molecule has 1 aliphatic rings. The maximum Gasteiger partial charge on any atom is 0.354 e. The summed E-state index contributed by atoms with van der Waals surface area (Å²) >= 11 is 0. The predicted molar refractivity (Wildman–Crippen MR) is 113 cm³/mol. The lowest BCUT2D eigenvalue weighted by atomic mass is 10.2. The van der Waals surface area contributed by atoms with Crippen molar-refractivity contribution >= 4 is 28.9 Å². The van der Waals surface area contributed by atoms with Crippen LogP contribution in [-0.2, 0) is 4.74 Å². The zero-order valence-corrected chi connectivity index (χ0v) is 17.0. The molecule has 0 atom stereocenters. The average Bonchev–Trinajstić information content (AvgIpc) is 2.80. The van der Waals surface area contributed by atoms with Crippen LogP contribution in [0.1, 0.15) is 16.8 Å². The third-order valence-electron chi connectivity index (χ3n) is 4.69.